The Kier molecular flexibility index (Phi) is 7.98. The van der Waals surface area contributed by atoms with Gasteiger partial charge in [0, 0.05) is 5.75 Å². The van der Waals surface area contributed by atoms with Crippen molar-refractivity contribution in [1.82, 2.24) is 0 Å². The van der Waals surface area contributed by atoms with Crippen molar-refractivity contribution in [1.29, 1.82) is 0 Å². The first-order valence-corrected chi connectivity index (χ1v) is 9.13. The maximum absolute atomic E-state index is 13.9. The molecule has 132 valence electrons. The quantitative estimate of drug-likeness (QED) is 0.325. The third-order valence-corrected chi connectivity index (χ3v) is 4.16. The van der Waals surface area contributed by atoms with E-state index in [0.29, 0.717) is 17.3 Å². The summed E-state index contributed by atoms with van der Waals surface area (Å²) in [5, 5.41) is 8.19. The maximum atomic E-state index is 13.9. The van der Waals surface area contributed by atoms with E-state index < -0.39 is 5.82 Å². The Balaban J connectivity index is 1.86. The first-order valence-electron chi connectivity index (χ1n) is 8.14. The molecule has 0 heterocycles. The number of thioether (sulfide) groups is 1. The van der Waals surface area contributed by atoms with Gasteiger partial charge in [-0.3, -0.25) is 0 Å². The standard InChI is InChI=1S/C19H22FN3OS/c1-2-3-11-24-18-10-9-16(12-17(18)20)13-22-23-19(21)25-14-15-7-5-4-6-8-15/h4-10,12-13H,2-3,11,14H2,1H3,(H2,21,23). The molecule has 4 nitrogen and oxygen atoms in total. The fraction of sp³-hybridized carbons (Fsp3) is 0.263. The zero-order chi connectivity index (χ0) is 17.9. The molecule has 0 amide bonds. The number of benzene rings is 2. The zero-order valence-electron chi connectivity index (χ0n) is 14.2. The minimum Gasteiger partial charge on any atom is -0.491 e. The molecule has 0 bridgehead atoms. The van der Waals surface area contributed by atoms with Gasteiger partial charge in [0.1, 0.15) is 0 Å². The van der Waals surface area contributed by atoms with E-state index >= 15 is 0 Å². The molecule has 0 aliphatic heterocycles. The Bertz CT molecular complexity index is 720. The maximum Gasteiger partial charge on any atom is 0.180 e. The predicted octanol–water partition coefficient (Wildman–Crippen LogP) is 4.59. The summed E-state index contributed by atoms with van der Waals surface area (Å²) in [4.78, 5) is 0. The van der Waals surface area contributed by atoms with Gasteiger partial charge in [0.25, 0.3) is 0 Å². The zero-order valence-corrected chi connectivity index (χ0v) is 15.0. The SMILES string of the molecule is CCCCOc1ccc(C=NN=C(N)SCc2ccccc2)cc1F. The van der Waals surface area contributed by atoms with Gasteiger partial charge in [0.05, 0.1) is 12.8 Å². The van der Waals surface area contributed by atoms with Crippen LogP contribution in [0.1, 0.15) is 30.9 Å². The van der Waals surface area contributed by atoms with Gasteiger partial charge in [-0.15, -0.1) is 5.10 Å². The van der Waals surface area contributed by atoms with Crippen molar-refractivity contribution < 1.29 is 9.13 Å². The lowest BCUT2D eigenvalue weighted by Gasteiger charge is -2.06. The highest BCUT2D eigenvalue weighted by Crippen LogP contribution is 2.18. The first-order chi connectivity index (χ1) is 12.2. The smallest absolute Gasteiger partial charge is 0.180 e. The molecule has 6 heteroatoms. The van der Waals surface area contributed by atoms with Crippen molar-refractivity contribution >= 4 is 23.1 Å². The van der Waals surface area contributed by atoms with Crippen molar-refractivity contribution in [3.8, 4) is 5.75 Å². The monoisotopic (exact) mass is 359 g/mol. The molecule has 2 aromatic rings. The van der Waals surface area contributed by atoms with E-state index in [4.69, 9.17) is 10.5 Å². The van der Waals surface area contributed by atoms with E-state index in [1.54, 1.807) is 12.1 Å². The first kappa shape index (κ1) is 19.0. The van der Waals surface area contributed by atoms with Crippen LogP contribution in [0.5, 0.6) is 5.75 Å². The molecule has 2 N–H and O–H groups in total. The van der Waals surface area contributed by atoms with Crippen LogP contribution >= 0.6 is 11.8 Å². The molecule has 0 atom stereocenters. The van der Waals surface area contributed by atoms with Crippen LogP contribution in [-0.2, 0) is 5.75 Å². The highest BCUT2D eigenvalue weighted by Gasteiger charge is 2.03. The molecule has 0 aromatic heterocycles. The van der Waals surface area contributed by atoms with Crippen molar-refractivity contribution in [2.24, 2.45) is 15.9 Å². The summed E-state index contributed by atoms with van der Waals surface area (Å²) in [6, 6.07) is 14.7. The molecule has 0 fully saturated rings. The minimum atomic E-state index is -0.407. The van der Waals surface area contributed by atoms with Crippen LogP contribution in [0.25, 0.3) is 0 Å². The number of rotatable bonds is 8. The summed E-state index contributed by atoms with van der Waals surface area (Å²) < 4.78 is 19.3. The van der Waals surface area contributed by atoms with Crippen LogP contribution in [0.3, 0.4) is 0 Å². The molecule has 0 radical (unpaired) electrons. The van der Waals surface area contributed by atoms with E-state index in [0.717, 1.165) is 24.2 Å². The summed E-state index contributed by atoms with van der Waals surface area (Å²) in [6.07, 6.45) is 3.38. The largest absolute Gasteiger partial charge is 0.491 e. The summed E-state index contributed by atoms with van der Waals surface area (Å²) >= 11 is 1.40. The number of unbranched alkanes of at least 4 members (excludes halogenated alkanes) is 1. The average Bonchev–Trinajstić information content (AvgIpc) is 2.63. The van der Waals surface area contributed by atoms with Gasteiger partial charge >= 0.3 is 0 Å². The Labute approximate surface area is 152 Å². The Morgan fingerprint density at radius 1 is 1.24 bits per heavy atom. The van der Waals surface area contributed by atoms with Gasteiger partial charge in [0.15, 0.2) is 16.7 Å². The number of nitrogens with zero attached hydrogens (tertiary/aromatic N) is 2. The molecule has 0 saturated heterocycles. The summed E-state index contributed by atoms with van der Waals surface area (Å²) in [6.45, 7) is 2.57. The second-order valence-corrected chi connectivity index (χ2v) is 6.34. The Hall–Kier alpha value is -2.34. The number of amidine groups is 1. The van der Waals surface area contributed by atoms with Gasteiger partial charge in [-0.05, 0) is 35.7 Å². The second kappa shape index (κ2) is 10.5. The summed E-state index contributed by atoms with van der Waals surface area (Å²) in [5.41, 5.74) is 7.58. The number of ether oxygens (including phenoxy) is 1. The third kappa shape index (κ3) is 6.97. The lowest BCUT2D eigenvalue weighted by Crippen LogP contribution is -2.06. The number of halogens is 1. The van der Waals surface area contributed by atoms with Gasteiger partial charge in [-0.25, -0.2) is 4.39 Å². The molecule has 2 rings (SSSR count). The van der Waals surface area contributed by atoms with Gasteiger partial charge in [0.2, 0.25) is 0 Å². The molecule has 0 aliphatic carbocycles. The van der Waals surface area contributed by atoms with Crippen LogP contribution in [0, 0.1) is 5.82 Å². The fourth-order valence-electron chi connectivity index (χ4n) is 1.95. The third-order valence-electron chi connectivity index (χ3n) is 3.30. The van der Waals surface area contributed by atoms with Crippen molar-refractivity contribution in [3.05, 3.63) is 65.5 Å². The minimum absolute atomic E-state index is 0.257. The second-order valence-electron chi connectivity index (χ2n) is 5.35. The van der Waals surface area contributed by atoms with Crippen LogP contribution in [-0.4, -0.2) is 18.0 Å². The van der Waals surface area contributed by atoms with Crippen molar-refractivity contribution in [2.45, 2.75) is 25.5 Å². The van der Waals surface area contributed by atoms with Gasteiger partial charge in [-0.2, -0.15) is 5.10 Å². The average molecular weight is 359 g/mol. The summed E-state index contributed by atoms with van der Waals surface area (Å²) in [5.74, 6) is 0.576. The van der Waals surface area contributed by atoms with Crippen LogP contribution in [0.2, 0.25) is 0 Å². The molecular formula is C19H22FN3OS. The number of hydrogen-bond donors (Lipinski definition) is 1. The van der Waals surface area contributed by atoms with E-state index in [2.05, 4.69) is 17.1 Å². The van der Waals surface area contributed by atoms with E-state index in [1.807, 2.05) is 30.3 Å². The van der Waals surface area contributed by atoms with Gasteiger partial charge < -0.3 is 10.5 Å². The van der Waals surface area contributed by atoms with Crippen molar-refractivity contribution in [3.63, 3.8) is 0 Å². The van der Waals surface area contributed by atoms with Crippen LogP contribution < -0.4 is 10.5 Å². The van der Waals surface area contributed by atoms with Crippen LogP contribution in [0.4, 0.5) is 4.39 Å². The topological polar surface area (TPSA) is 60.0 Å². The molecular weight excluding hydrogens is 337 g/mol. The van der Waals surface area contributed by atoms with Crippen molar-refractivity contribution in [2.75, 3.05) is 6.61 Å². The van der Waals surface area contributed by atoms with E-state index in [-0.39, 0.29) is 5.75 Å². The molecule has 0 saturated carbocycles. The molecule has 0 unspecified atom stereocenters. The van der Waals surface area contributed by atoms with E-state index in [9.17, 15) is 4.39 Å². The Morgan fingerprint density at radius 2 is 2.04 bits per heavy atom. The molecule has 0 spiro atoms. The number of nitrogens with two attached hydrogens (primary N) is 1. The van der Waals surface area contributed by atoms with Gasteiger partial charge in [-0.1, -0.05) is 55.4 Å². The lowest BCUT2D eigenvalue weighted by molar-refractivity contribution is 0.294. The highest BCUT2D eigenvalue weighted by atomic mass is 32.2. The fourth-order valence-corrected chi connectivity index (χ4v) is 2.57. The lowest BCUT2D eigenvalue weighted by atomic mass is 10.2. The van der Waals surface area contributed by atoms with E-state index in [1.165, 1.54) is 24.0 Å². The predicted molar refractivity (Wildman–Crippen MR) is 104 cm³/mol. The molecule has 25 heavy (non-hydrogen) atoms. The number of hydrogen-bond acceptors (Lipinski definition) is 4. The Morgan fingerprint density at radius 3 is 2.76 bits per heavy atom. The van der Waals surface area contributed by atoms with Crippen LogP contribution in [0.15, 0.2) is 58.7 Å². The molecule has 2 aromatic carbocycles. The summed E-state index contributed by atoms with van der Waals surface area (Å²) in [7, 11) is 0. The highest BCUT2D eigenvalue weighted by molar-refractivity contribution is 8.13. The molecule has 0 aliphatic rings. The normalized spacial score (nSPS) is 11.8.